The van der Waals surface area contributed by atoms with E-state index >= 15 is 0 Å². The topological polar surface area (TPSA) is 36.9 Å². The second-order valence-corrected chi connectivity index (χ2v) is 13.3. The van der Waals surface area contributed by atoms with Crippen molar-refractivity contribution in [2.45, 2.75) is 91.0 Å². The minimum atomic E-state index is -2.21. The fraction of sp³-hybridized carbons (Fsp3) is 0.652. The van der Waals surface area contributed by atoms with Crippen LogP contribution in [0, 0.1) is 0 Å². The number of unbranched alkanes of at least 4 members (excludes halogenated alkanes) is 3. The zero-order chi connectivity index (χ0) is 21.7. The highest BCUT2D eigenvalue weighted by Crippen LogP contribution is 2.38. The van der Waals surface area contributed by atoms with E-state index < -0.39 is 15.6 Å². The molecule has 1 aliphatic rings. The lowest BCUT2D eigenvalue weighted by molar-refractivity contribution is 0.00578. The van der Waals surface area contributed by atoms with Crippen molar-refractivity contribution >= 4 is 21.7 Å². The van der Waals surface area contributed by atoms with E-state index in [-0.39, 0.29) is 11.2 Å². The van der Waals surface area contributed by atoms with Crippen molar-refractivity contribution in [1.82, 2.24) is 0 Å². The van der Waals surface area contributed by atoms with Crippen molar-refractivity contribution in [3.05, 3.63) is 35.0 Å². The van der Waals surface area contributed by atoms with E-state index in [2.05, 4.69) is 65.9 Å². The maximum Gasteiger partial charge on any atom is 0.629 e. The minimum absolute atomic E-state index is 0.386. The summed E-state index contributed by atoms with van der Waals surface area (Å²) in [6.07, 6.45) is 8.28. The van der Waals surface area contributed by atoms with Gasteiger partial charge < -0.3 is 18.4 Å². The summed E-state index contributed by atoms with van der Waals surface area (Å²) in [6.45, 7) is 15.0. The van der Waals surface area contributed by atoms with Gasteiger partial charge in [-0.05, 0) is 71.3 Å². The molecular weight excluding hydrogens is 379 g/mol. The molecular formula is C23H39BO4Si. The van der Waals surface area contributed by atoms with Crippen LogP contribution in [0.4, 0.5) is 0 Å². The van der Waals surface area contributed by atoms with Gasteiger partial charge in [0.2, 0.25) is 8.32 Å². The summed E-state index contributed by atoms with van der Waals surface area (Å²) in [5.74, 6) is 0.872. The van der Waals surface area contributed by atoms with Gasteiger partial charge in [0.25, 0.3) is 0 Å². The van der Waals surface area contributed by atoms with Gasteiger partial charge in [0.05, 0.1) is 18.3 Å². The first-order chi connectivity index (χ1) is 13.5. The quantitative estimate of drug-likeness (QED) is 0.325. The van der Waals surface area contributed by atoms with Gasteiger partial charge in [-0.2, -0.15) is 0 Å². The molecule has 0 spiro atoms. The van der Waals surface area contributed by atoms with Crippen molar-refractivity contribution in [1.29, 1.82) is 0 Å². The highest BCUT2D eigenvalue weighted by atomic mass is 28.4. The van der Waals surface area contributed by atoms with Crippen LogP contribution >= 0.6 is 0 Å². The standard InChI is InChI=1S/C23H39BO4Si/c1-9-10-11-12-13-21(18-19-14-16-20(25-6)17-15-19)29(7,8)28-24-26-22(2,3)23(4,5)27-24/h14-18H,9-13H2,1-8H3/b21-18-. The van der Waals surface area contributed by atoms with Gasteiger partial charge in [0, 0.05) is 0 Å². The molecule has 0 amide bonds. The first kappa shape index (κ1) is 24.2. The Labute approximate surface area is 179 Å². The number of rotatable bonds is 10. The lowest BCUT2D eigenvalue weighted by atomic mass is 9.90. The van der Waals surface area contributed by atoms with Crippen LogP contribution < -0.4 is 4.74 Å². The summed E-state index contributed by atoms with van der Waals surface area (Å²) in [5.41, 5.74) is 0.404. The monoisotopic (exact) mass is 418 g/mol. The SMILES string of the molecule is CCCCCC/C(=C/c1ccc(OC)cc1)[Si](C)(C)OB1OC(C)(C)C(C)(C)O1. The van der Waals surface area contributed by atoms with Crippen LogP contribution in [-0.4, -0.2) is 34.0 Å². The Kier molecular flexibility index (Phi) is 8.19. The Morgan fingerprint density at radius 2 is 1.59 bits per heavy atom. The summed E-state index contributed by atoms with van der Waals surface area (Å²) in [7, 11) is -1.13. The van der Waals surface area contributed by atoms with E-state index in [4.69, 9.17) is 18.4 Å². The third-order valence-electron chi connectivity index (χ3n) is 6.15. The van der Waals surface area contributed by atoms with Crippen molar-refractivity contribution in [2.75, 3.05) is 7.11 Å². The molecule has 6 heteroatoms. The molecule has 0 atom stereocenters. The molecule has 0 bridgehead atoms. The van der Waals surface area contributed by atoms with Crippen molar-refractivity contribution in [2.24, 2.45) is 0 Å². The molecule has 1 aromatic rings. The summed E-state index contributed by atoms with van der Waals surface area (Å²) in [6, 6.07) is 8.21. The lowest BCUT2D eigenvalue weighted by Gasteiger charge is -2.31. The largest absolute Gasteiger partial charge is 0.629 e. The van der Waals surface area contributed by atoms with Crippen LogP contribution in [0.1, 0.15) is 72.3 Å². The van der Waals surface area contributed by atoms with Crippen LogP contribution in [0.5, 0.6) is 5.75 Å². The predicted octanol–water partition coefficient (Wildman–Crippen LogP) is 6.40. The average molecular weight is 418 g/mol. The predicted molar refractivity (Wildman–Crippen MR) is 124 cm³/mol. The van der Waals surface area contributed by atoms with Gasteiger partial charge >= 0.3 is 7.32 Å². The number of methoxy groups -OCH3 is 1. The molecule has 1 fully saturated rings. The molecule has 29 heavy (non-hydrogen) atoms. The molecule has 0 N–H and O–H groups in total. The van der Waals surface area contributed by atoms with Gasteiger partial charge in [-0.15, -0.1) is 0 Å². The van der Waals surface area contributed by atoms with E-state index in [1.54, 1.807) is 7.11 Å². The summed E-state index contributed by atoms with van der Waals surface area (Å²) in [5, 5.41) is 1.38. The number of benzene rings is 1. The van der Waals surface area contributed by atoms with Crippen LogP contribution in [0.15, 0.2) is 29.5 Å². The molecule has 0 unspecified atom stereocenters. The van der Waals surface area contributed by atoms with Gasteiger partial charge in [-0.1, -0.05) is 49.6 Å². The molecule has 1 saturated heterocycles. The van der Waals surface area contributed by atoms with Gasteiger partial charge in [-0.25, -0.2) is 0 Å². The third-order valence-corrected chi connectivity index (χ3v) is 8.87. The van der Waals surface area contributed by atoms with E-state index in [1.807, 2.05) is 12.1 Å². The van der Waals surface area contributed by atoms with Gasteiger partial charge in [0.15, 0.2) is 0 Å². The van der Waals surface area contributed by atoms with E-state index in [0.29, 0.717) is 0 Å². The number of ether oxygens (including phenoxy) is 1. The molecule has 1 heterocycles. The molecule has 4 nitrogen and oxygen atoms in total. The fourth-order valence-corrected chi connectivity index (χ4v) is 5.37. The smallest absolute Gasteiger partial charge is 0.497 e. The fourth-order valence-electron chi connectivity index (χ4n) is 3.34. The maximum absolute atomic E-state index is 6.51. The Morgan fingerprint density at radius 1 is 1.00 bits per heavy atom. The molecule has 162 valence electrons. The minimum Gasteiger partial charge on any atom is -0.497 e. The number of hydrogen-bond acceptors (Lipinski definition) is 4. The first-order valence-corrected chi connectivity index (χ1v) is 13.8. The lowest BCUT2D eigenvalue weighted by Crippen LogP contribution is -2.42. The highest BCUT2D eigenvalue weighted by Gasteiger charge is 2.54. The molecule has 1 aromatic carbocycles. The highest BCUT2D eigenvalue weighted by molar-refractivity contribution is 6.83. The van der Waals surface area contributed by atoms with Gasteiger partial charge in [-0.3, -0.25) is 0 Å². The van der Waals surface area contributed by atoms with E-state index in [9.17, 15) is 0 Å². The molecule has 0 saturated carbocycles. The van der Waals surface area contributed by atoms with Crippen molar-refractivity contribution in [3.8, 4) is 5.75 Å². The van der Waals surface area contributed by atoms with Crippen molar-refractivity contribution in [3.63, 3.8) is 0 Å². The zero-order valence-electron chi connectivity index (χ0n) is 19.6. The second-order valence-electron chi connectivity index (χ2n) is 9.43. The summed E-state index contributed by atoms with van der Waals surface area (Å²) in [4.78, 5) is 0. The van der Waals surface area contributed by atoms with E-state index in [1.165, 1.54) is 36.4 Å². The summed E-state index contributed by atoms with van der Waals surface area (Å²) < 4.78 is 24.0. The van der Waals surface area contributed by atoms with Crippen LogP contribution in [0.3, 0.4) is 0 Å². The third kappa shape index (κ3) is 6.45. The Morgan fingerprint density at radius 3 is 2.10 bits per heavy atom. The van der Waals surface area contributed by atoms with Crippen LogP contribution in [0.25, 0.3) is 6.08 Å². The van der Waals surface area contributed by atoms with E-state index in [0.717, 1.165) is 12.2 Å². The second kappa shape index (κ2) is 9.82. The van der Waals surface area contributed by atoms with Gasteiger partial charge in [0.1, 0.15) is 5.75 Å². The Hall–Kier alpha value is -1.08. The molecule has 0 aromatic heterocycles. The first-order valence-electron chi connectivity index (χ1n) is 10.9. The molecule has 0 aliphatic carbocycles. The Balaban J connectivity index is 2.19. The summed E-state index contributed by atoms with van der Waals surface area (Å²) >= 11 is 0. The Bertz CT molecular complexity index is 667. The normalized spacial score (nSPS) is 18.9. The zero-order valence-corrected chi connectivity index (χ0v) is 20.6. The maximum atomic E-state index is 6.51. The molecule has 0 radical (unpaired) electrons. The van der Waals surface area contributed by atoms with Crippen LogP contribution in [-0.2, 0) is 13.7 Å². The average Bonchev–Trinajstić information content (AvgIpc) is 2.83. The molecule has 1 aliphatic heterocycles. The van der Waals surface area contributed by atoms with Crippen molar-refractivity contribution < 1.29 is 18.4 Å². The molecule has 2 rings (SSSR count). The number of hydrogen-bond donors (Lipinski definition) is 0. The number of allylic oxidation sites excluding steroid dienone is 1. The van der Waals surface area contributed by atoms with Crippen LogP contribution in [0.2, 0.25) is 13.1 Å².